The fraction of sp³-hybridized carbons (Fsp3) is 0.750. The first-order chi connectivity index (χ1) is 12.1. The zero-order valence-corrected chi connectivity index (χ0v) is 16.0. The molecule has 0 bridgehead atoms. The summed E-state index contributed by atoms with van der Waals surface area (Å²) in [5, 5.41) is 10.6. The van der Waals surface area contributed by atoms with Crippen molar-refractivity contribution >= 4 is 17.7 Å². The maximum atomic E-state index is 13.0. The Morgan fingerprint density at radius 1 is 1.35 bits per heavy atom. The average Bonchev–Trinajstić information content (AvgIpc) is 2.94. The number of fused-ring (bicyclic) bond motifs is 2. The van der Waals surface area contributed by atoms with Crippen LogP contribution in [0.3, 0.4) is 0 Å². The maximum Gasteiger partial charge on any atom is 0.333 e. The Bertz CT molecular complexity index is 667. The molecule has 2 saturated carbocycles. The van der Waals surface area contributed by atoms with Crippen LogP contribution in [0.15, 0.2) is 11.6 Å². The fourth-order valence-electron chi connectivity index (χ4n) is 5.36. The monoisotopic (exact) mass is 364 g/mol. The van der Waals surface area contributed by atoms with E-state index in [1.165, 1.54) is 0 Å². The van der Waals surface area contributed by atoms with Crippen LogP contribution in [0.25, 0.3) is 0 Å². The van der Waals surface area contributed by atoms with Crippen molar-refractivity contribution in [1.29, 1.82) is 0 Å². The first-order valence-electron chi connectivity index (χ1n) is 9.38. The molecule has 1 heterocycles. The largest absolute Gasteiger partial charge is 0.462 e. The van der Waals surface area contributed by atoms with E-state index in [1.807, 2.05) is 6.92 Å². The number of aliphatic hydroxyl groups excluding tert-OH is 1. The van der Waals surface area contributed by atoms with Gasteiger partial charge in [0.05, 0.1) is 17.4 Å². The van der Waals surface area contributed by atoms with Crippen molar-refractivity contribution in [3.05, 3.63) is 11.6 Å². The summed E-state index contributed by atoms with van der Waals surface area (Å²) in [6.45, 7) is 8.92. The van der Waals surface area contributed by atoms with Crippen LogP contribution in [-0.4, -0.2) is 41.1 Å². The van der Waals surface area contributed by atoms with E-state index in [1.54, 1.807) is 33.8 Å². The summed E-state index contributed by atoms with van der Waals surface area (Å²) < 4.78 is 11.4. The van der Waals surface area contributed by atoms with Crippen molar-refractivity contribution in [1.82, 2.24) is 0 Å². The van der Waals surface area contributed by atoms with Crippen molar-refractivity contribution in [2.75, 3.05) is 0 Å². The zero-order chi connectivity index (χ0) is 19.4. The molecule has 6 heteroatoms. The van der Waals surface area contributed by atoms with Crippen LogP contribution in [0, 0.1) is 29.1 Å². The van der Waals surface area contributed by atoms with Crippen molar-refractivity contribution < 1.29 is 29.0 Å². The molecule has 0 aromatic heterocycles. The van der Waals surface area contributed by atoms with Gasteiger partial charge in [-0.3, -0.25) is 9.59 Å². The van der Waals surface area contributed by atoms with Gasteiger partial charge in [-0.15, -0.1) is 0 Å². The molecule has 1 saturated heterocycles. The minimum absolute atomic E-state index is 0.0291. The molecule has 0 aromatic carbocycles. The first-order valence-corrected chi connectivity index (χ1v) is 9.38. The lowest BCUT2D eigenvalue weighted by Crippen LogP contribution is -2.51. The minimum Gasteiger partial charge on any atom is -0.462 e. The van der Waals surface area contributed by atoms with E-state index in [4.69, 9.17) is 9.47 Å². The van der Waals surface area contributed by atoms with E-state index < -0.39 is 35.6 Å². The number of rotatable bonds is 2. The van der Waals surface area contributed by atoms with Gasteiger partial charge < -0.3 is 14.6 Å². The van der Waals surface area contributed by atoms with Gasteiger partial charge in [0.1, 0.15) is 18.0 Å². The second-order valence-electron chi connectivity index (χ2n) is 8.36. The maximum absolute atomic E-state index is 13.0. The third-order valence-electron chi connectivity index (χ3n) is 6.90. The minimum atomic E-state index is -1.02. The van der Waals surface area contributed by atoms with Gasteiger partial charge in [-0.1, -0.05) is 19.9 Å². The molecule has 0 amide bonds. The summed E-state index contributed by atoms with van der Waals surface area (Å²) in [6, 6.07) is 0. The van der Waals surface area contributed by atoms with Gasteiger partial charge in [0.15, 0.2) is 0 Å². The lowest BCUT2D eigenvalue weighted by Gasteiger charge is -2.40. The van der Waals surface area contributed by atoms with Gasteiger partial charge in [0, 0.05) is 23.8 Å². The molecule has 8 atom stereocenters. The van der Waals surface area contributed by atoms with Crippen LogP contribution in [0.2, 0.25) is 0 Å². The van der Waals surface area contributed by atoms with Gasteiger partial charge in [0.25, 0.3) is 0 Å². The molecule has 0 unspecified atom stereocenters. The molecule has 0 spiro atoms. The second-order valence-corrected chi connectivity index (χ2v) is 8.36. The van der Waals surface area contributed by atoms with Gasteiger partial charge in [-0.25, -0.2) is 4.79 Å². The highest BCUT2D eigenvalue weighted by atomic mass is 16.6. The van der Waals surface area contributed by atoms with Crippen LogP contribution in [0.4, 0.5) is 0 Å². The molecular weight excluding hydrogens is 336 g/mol. The number of hydrogen-bond acceptors (Lipinski definition) is 6. The quantitative estimate of drug-likeness (QED) is 0.596. The molecule has 3 rings (SSSR count). The molecule has 3 fully saturated rings. The Morgan fingerprint density at radius 3 is 2.62 bits per heavy atom. The number of carbonyl (C=O) groups excluding carboxylic acids is 3. The summed E-state index contributed by atoms with van der Waals surface area (Å²) in [7, 11) is 0. The third-order valence-corrected chi connectivity index (χ3v) is 6.90. The molecule has 0 aromatic rings. The summed E-state index contributed by atoms with van der Waals surface area (Å²) in [5.74, 6) is -2.12. The number of aliphatic hydroxyl groups is 1. The smallest absolute Gasteiger partial charge is 0.333 e. The van der Waals surface area contributed by atoms with E-state index in [2.05, 4.69) is 0 Å². The second kappa shape index (κ2) is 6.48. The zero-order valence-electron chi connectivity index (χ0n) is 16.0. The number of allylic oxidation sites excluding steroid dienone is 1. The van der Waals surface area contributed by atoms with Gasteiger partial charge >= 0.3 is 11.9 Å². The average molecular weight is 364 g/mol. The SMILES string of the molecule is C/C=C(/C)C(=O)O[C@H]1[C@@H]2[C@H](C)C(=O)O[C@@H]2C[C@@H](C)[C@@H]2[C@H](O)CC(=O)[C@]21C. The Hall–Kier alpha value is -1.69. The van der Waals surface area contributed by atoms with Crippen molar-refractivity contribution in [3.8, 4) is 0 Å². The lowest BCUT2D eigenvalue weighted by atomic mass is 9.66. The van der Waals surface area contributed by atoms with Gasteiger partial charge in [0.2, 0.25) is 0 Å². The topological polar surface area (TPSA) is 89.9 Å². The number of ketones is 1. The molecule has 26 heavy (non-hydrogen) atoms. The molecule has 1 N–H and O–H groups in total. The summed E-state index contributed by atoms with van der Waals surface area (Å²) in [4.78, 5) is 37.7. The number of ether oxygens (including phenoxy) is 2. The Morgan fingerprint density at radius 2 is 2.00 bits per heavy atom. The van der Waals surface area contributed by atoms with Gasteiger partial charge in [-0.05, 0) is 33.1 Å². The van der Waals surface area contributed by atoms with Crippen molar-refractivity contribution in [2.24, 2.45) is 29.1 Å². The van der Waals surface area contributed by atoms with Crippen LogP contribution < -0.4 is 0 Å². The molecule has 3 aliphatic rings. The Balaban J connectivity index is 2.10. The fourth-order valence-corrected chi connectivity index (χ4v) is 5.36. The predicted molar refractivity (Wildman–Crippen MR) is 92.9 cm³/mol. The Labute approximate surface area is 153 Å². The van der Waals surface area contributed by atoms with E-state index in [0.717, 1.165) is 0 Å². The molecule has 2 aliphatic carbocycles. The van der Waals surface area contributed by atoms with Crippen LogP contribution in [-0.2, 0) is 23.9 Å². The van der Waals surface area contributed by atoms with Crippen molar-refractivity contribution in [2.45, 2.75) is 65.8 Å². The highest BCUT2D eigenvalue weighted by molar-refractivity contribution is 5.91. The van der Waals surface area contributed by atoms with E-state index in [-0.39, 0.29) is 35.9 Å². The predicted octanol–water partition coefficient (Wildman–Crippen LogP) is 2.04. The van der Waals surface area contributed by atoms with E-state index >= 15 is 0 Å². The van der Waals surface area contributed by atoms with Crippen LogP contribution in [0.1, 0.15) is 47.5 Å². The molecule has 0 radical (unpaired) electrons. The number of Topliss-reactive ketones (excluding diaryl/α,β-unsaturated/α-hetero) is 1. The standard InChI is InChI=1S/C20H28O6/c1-6-9(2)18(23)26-17-15-11(4)19(24)25-13(15)7-10(3)16-12(21)8-14(22)20(16,17)5/h6,10-13,15-17,21H,7-8H2,1-5H3/b9-6-/t10-,11+,12-,13-,15-,16-,17+,20-/m1/s1. The number of carbonyl (C=O) groups is 3. The van der Waals surface area contributed by atoms with Gasteiger partial charge in [-0.2, -0.15) is 0 Å². The molecule has 1 aliphatic heterocycles. The van der Waals surface area contributed by atoms with Crippen molar-refractivity contribution in [3.63, 3.8) is 0 Å². The molecular formula is C20H28O6. The Kier molecular flexibility index (Phi) is 4.76. The highest BCUT2D eigenvalue weighted by Gasteiger charge is 2.66. The summed E-state index contributed by atoms with van der Waals surface area (Å²) >= 11 is 0. The van der Waals surface area contributed by atoms with E-state index in [0.29, 0.717) is 12.0 Å². The summed E-state index contributed by atoms with van der Waals surface area (Å²) in [5.41, 5.74) is -0.577. The third kappa shape index (κ3) is 2.61. The molecule has 144 valence electrons. The first kappa shape index (κ1) is 19.1. The highest BCUT2D eigenvalue weighted by Crippen LogP contribution is 2.56. The molecule has 6 nitrogen and oxygen atoms in total. The summed E-state index contributed by atoms with van der Waals surface area (Å²) in [6.07, 6.45) is 0.306. The number of hydrogen-bond donors (Lipinski definition) is 1. The van der Waals surface area contributed by atoms with Crippen LogP contribution in [0.5, 0.6) is 0 Å². The number of esters is 2. The normalized spacial score (nSPS) is 45.6. The van der Waals surface area contributed by atoms with E-state index in [9.17, 15) is 19.5 Å². The lowest BCUT2D eigenvalue weighted by molar-refractivity contribution is -0.165. The van der Waals surface area contributed by atoms with Crippen LogP contribution >= 0.6 is 0 Å².